The lowest BCUT2D eigenvalue weighted by Crippen LogP contribution is -2.13. The van der Waals surface area contributed by atoms with Crippen LogP contribution >= 0.6 is 23.3 Å². The van der Waals surface area contributed by atoms with Gasteiger partial charge in [0.05, 0.1) is 21.3 Å². The summed E-state index contributed by atoms with van der Waals surface area (Å²) < 4.78 is 31.9. The number of rotatable bonds is 13. The van der Waals surface area contributed by atoms with Crippen LogP contribution in [0.3, 0.4) is 0 Å². The second-order valence-corrected chi connectivity index (χ2v) is 9.05. The number of aromatic nitrogens is 2. The smallest absolute Gasteiger partial charge is 0.268 e. The first kappa shape index (κ1) is 27.6. The van der Waals surface area contributed by atoms with E-state index in [1.807, 2.05) is 31.2 Å². The molecule has 0 radical (unpaired) electrons. The molecule has 12 heteroatoms. The Bertz CT molecular complexity index is 1260. The number of carbonyl (C=O) groups excluding carboxylic acids is 1. The van der Waals surface area contributed by atoms with E-state index in [0.717, 1.165) is 17.3 Å². The summed E-state index contributed by atoms with van der Waals surface area (Å²) >= 11 is 2.51. The van der Waals surface area contributed by atoms with Crippen LogP contribution in [0, 0.1) is 11.3 Å². The lowest BCUT2D eigenvalue weighted by atomic mass is 10.1. The summed E-state index contributed by atoms with van der Waals surface area (Å²) in [6.45, 7) is 2.46. The van der Waals surface area contributed by atoms with Crippen molar-refractivity contribution in [3.05, 3.63) is 47.5 Å². The number of benzene rings is 2. The van der Waals surface area contributed by atoms with Crippen molar-refractivity contribution in [2.45, 2.75) is 12.1 Å². The van der Waals surface area contributed by atoms with Crippen molar-refractivity contribution in [2.24, 2.45) is 0 Å². The van der Waals surface area contributed by atoms with Crippen LogP contribution in [-0.4, -0.2) is 55.6 Å². The maximum Gasteiger partial charge on any atom is 0.268 e. The van der Waals surface area contributed by atoms with E-state index < -0.39 is 5.91 Å². The number of hydrogen-bond donors (Lipinski definition) is 1. The van der Waals surface area contributed by atoms with Gasteiger partial charge in [0.25, 0.3) is 5.91 Å². The topological polar surface area (TPSA) is 125 Å². The van der Waals surface area contributed by atoms with Crippen LogP contribution in [-0.2, 0) is 4.79 Å². The molecule has 37 heavy (non-hydrogen) atoms. The number of methoxy groups -OCH3 is 3. The highest BCUT2D eigenvalue weighted by Gasteiger charge is 2.17. The zero-order chi connectivity index (χ0) is 26.6. The van der Waals surface area contributed by atoms with Gasteiger partial charge in [-0.1, -0.05) is 24.8 Å². The summed E-state index contributed by atoms with van der Waals surface area (Å²) in [6, 6.07) is 12.5. The minimum absolute atomic E-state index is 0.121. The second-order valence-electron chi connectivity index (χ2n) is 7.07. The van der Waals surface area contributed by atoms with Crippen LogP contribution in [0.5, 0.6) is 28.7 Å². The van der Waals surface area contributed by atoms with Crippen molar-refractivity contribution in [3.8, 4) is 34.8 Å². The van der Waals surface area contributed by atoms with Crippen molar-refractivity contribution >= 4 is 40.4 Å². The molecule has 0 aliphatic heterocycles. The Morgan fingerprint density at radius 3 is 2.43 bits per heavy atom. The van der Waals surface area contributed by atoms with Gasteiger partial charge in [-0.3, -0.25) is 10.1 Å². The number of amides is 1. The monoisotopic (exact) mass is 542 g/mol. The number of carbonyl (C=O) groups is 1. The highest BCUT2D eigenvalue weighted by molar-refractivity contribution is 7.99. The average Bonchev–Trinajstić information content (AvgIpc) is 3.36. The van der Waals surface area contributed by atoms with Gasteiger partial charge in [0.1, 0.15) is 36.4 Å². The molecule has 1 N–H and O–H groups in total. The van der Waals surface area contributed by atoms with E-state index in [1.54, 1.807) is 25.3 Å². The van der Waals surface area contributed by atoms with E-state index in [9.17, 15) is 10.1 Å². The predicted octanol–water partition coefficient (Wildman–Crippen LogP) is 4.68. The molecule has 1 heterocycles. The Balaban J connectivity index is 1.71. The molecule has 194 valence electrons. The molecule has 0 unspecified atom stereocenters. The van der Waals surface area contributed by atoms with E-state index >= 15 is 0 Å². The van der Waals surface area contributed by atoms with Gasteiger partial charge >= 0.3 is 0 Å². The Hall–Kier alpha value is -3.95. The van der Waals surface area contributed by atoms with Gasteiger partial charge in [-0.25, -0.2) is 0 Å². The molecule has 1 amide bonds. The standard InChI is InChI=1S/C25H26N4O6S2/c1-5-36-25-28-24(37-29-25)27-23(30)17(15-26)11-16-12-20(32-3)22(21(13-16)33-4)35-10-9-34-19-8-6-7-18(14-19)31-2/h6-8,11-14H,5,9-10H2,1-4H3,(H,27,28,29,30). The van der Waals surface area contributed by atoms with Crippen molar-refractivity contribution in [1.29, 1.82) is 5.26 Å². The van der Waals surface area contributed by atoms with Gasteiger partial charge in [0.2, 0.25) is 16.0 Å². The Morgan fingerprint density at radius 2 is 1.78 bits per heavy atom. The van der Waals surface area contributed by atoms with Gasteiger partial charge in [-0.15, -0.1) is 0 Å². The molecule has 2 aromatic carbocycles. The largest absolute Gasteiger partial charge is 0.497 e. The van der Waals surface area contributed by atoms with E-state index in [4.69, 9.17) is 23.7 Å². The van der Waals surface area contributed by atoms with Crippen molar-refractivity contribution in [2.75, 3.05) is 45.6 Å². The molecule has 0 saturated carbocycles. The Kier molecular flexibility index (Phi) is 10.4. The highest BCUT2D eigenvalue weighted by atomic mass is 32.2. The zero-order valence-electron chi connectivity index (χ0n) is 20.8. The molecule has 10 nitrogen and oxygen atoms in total. The number of hydrogen-bond acceptors (Lipinski definition) is 11. The Morgan fingerprint density at radius 1 is 1.08 bits per heavy atom. The van der Waals surface area contributed by atoms with Gasteiger partial charge in [0.15, 0.2) is 11.5 Å². The van der Waals surface area contributed by atoms with E-state index in [2.05, 4.69) is 14.7 Å². The first-order valence-electron chi connectivity index (χ1n) is 11.1. The van der Waals surface area contributed by atoms with Gasteiger partial charge in [-0.05, 0) is 41.7 Å². The van der Waals surface area contributed by atoms with Gasteiger partial charge < -0.3 is 23.7 Å². The van der Waals surface area contributed by atoms with E-state index in [-0.39, 0.29) is 18.8 Å². The molecular weight excluding hydrogens is 516 g/mol. The van der Waals surface area contributed by atoms with Crippen LogP contribution in [0.4, 0.5) is 5.13 Å². The third kappa shape index (κ3) is 7.77. The summed E-state index contributed by atoms with van der Waals surface area (Å²) in [7, 11) is 4.56. The van der Waals surface area contributed by atoms with E-state index in [1.165, 1.54) is 32.1 Å². The third-order valence-electron chi connectivity index (χ3n) is 4.70. The first-order valence-corrected chi connectivity index (χ1v) is 12.8. The SMILES string of the molecule is CCSc1nsc(NC(=O)C(C#N)=Cc2cc(OC)c(OCCOc3cccc(OC)c3)c(OC)c2)n1. The minimum atomic E-state index is -0.598. The molecule has 0 fully saturated rings. The summed E-state index contributed by atoms with van der Waals surface area (Å²) in [5.41, 5.74) is 0.393. The van der Waals surface area contributed by atoms with Crippen LogP contribution < -0.4 is 29.0 Å². The molecule has 0 spiro atoms. The van der Waals surface area contributed by atoms with Gasteiger partial charge in [-0.2, -0.15) is 14.6 Å². The minimum Gasteiger partial charge on any atom is -0.497 e. The molecular formula is C25H26N4O6S2. The first-order chi connectivity index (χ1) is 18.0. The molecule has 1 aromatic heterocycles. The summed E-state index contributed by atoms with van der Waals surface area (Å²) in [5.74, 6) is 2.67. The molecule has 3 aromatic rings. The summed E-state index contributed by atoms with van der Waals surface area (Å²) in [4.78, 5) is 16.9. The van der Waals surface area contributed by atoms with Crippen molar-refractivity contribution in [1.82, 2.24) is 9.36 Å². The second kappa shape index (κ2) is 14.0. The van der Waals surface area contributed by atoms with Gasteiger partial charge in [0, 0.05) is 17.6 Å². The molecule has 0 aliphatic rings. The number of anilines is 1. The maximum absolute atomic E-state index is 12.6. The fraction of sp³-hybridized carbons (Fsp3) is 0.280. The number of thioether (sulfide) groups is 1. The number of nitrogens with one attached hydrogen (secondary N) is 1. The van der Waals surface area contributed by atoms with Crippen LogP contribution in [0.25, 0.3) is 6.08 Å². The zero-order valence-corrected chi connectivity index (χ0v) is 22.4. The molecule has 3 rings (SSSR count). The fourth-order valence-electron chi connectivity index (χ4n) is 3.05. The number of ether oxygens (including phenoxy) is 5. The Labute approximate surface area is 223 Å². The fourth-order valence-corrected chi connectivity index (χ4v) is 4.31. The quantitative estimate of drug-likeness (QED) is 0.141. The number of nitriles is 1. The number of nitrogens with zero attached hydrogens (tertiary/aromatic N) is 3. The van der Waals surface area contributed by atoms with Crippen molar-refractivity contribution in [3.63, 3.8) is 0 Å². The molecule has 0 bridgehead atoms. The lowest BCUT2D eigenvalue weighted by molar-refractivity contribution is -0.112. The molecule has 0 atom stereocenters. The predicted molar refractivity (Wildman–Crippen MR) is 142 cm³/mol. The van der Waals surface area contributed by atoms with Crippen LogP contribution in [0.2, 0.25) is 0 Å². The molecule has 0 aliphatic carbocycles. The maximum atomic E-state index is 12.6. The summed E-state index contributed by atoms with van der Waals surface area (Å²) in [6.07, 6.45) is 1.43. The lowest BCUT2D eigenvalue weighted by Gasteiger charge is -2.16. The van der Waals surface area contributed by atoms with Crippen molar-refractivity contribution < 1.29 is 28.5 Å². The average molecular weight is 543 g/mol. The highest BCUT2D eigenvalue weighted by Crippen LogP contribution is 2.39. The van der Waals surface area contributed by atoms with Crippen LogP contribution in [0.15, 0.2) is 47.1 Å². The van der Waals surface area contributed by atoms with Crippen LogP contribution in [0.1, 0.15) is 12.5 Å². The molecule has 0 saturated heterocycles. The normalized spacial score (nSPS) is 10.8. The summed E-state index contributed by atoms with van der Waals surface area (Å²) in [5, 5.41) is 13.1. The third-order valence-corrected chi connectivity index (χ3v) is 6.18. The van der Waals surface area contributed by atoms with E-state index in [0.29, 0.717) is 44.6 Å².